The normalized spacial score (nSPS) is 23.4. The van der Waals surface area contributed by atoms with Crippen LogP contribution in [0.3, 0.4) is 0 Å². The molecule has 0 fully saturated rings. The first-order chi connectivity index (χ1) is 9.76. The third-order valence-electron chi connectivity index (χ3n) is 3.68. The van der Waals surface area contributed by atoms with E-state index in [9.17, 15) is 0 Å². The topological polar surface area (TPSA) is 36.9 Å². The molecule has 0 amide bonds. The third kappa shape index (κ3) is 2.06. The van der Waals surface area contributed by atoms with E-state index in [0.717, 1.165) is 12.0 Å². The molecule has 1 aromatic rings. The number of fused-ring (bicyclic) bond motifs is 2. The van der Waals surface area contributed by atoms with Gasteiger partial charge in [0.05, 0.1) is 33.5 Å². The van der Waals surface area contributed by atoms with Crippen LogP contribution in [0.4, 0.5) is 0 Å². The van der Waals surface area contributed by atoms with Gasteiger partial charge in [0.25, 0.3) is 0 Å². The molecule has 2 heterocycles. The summed E-state index contributed by atoms with van der Waals surface area (Å²) in [6.45, 7) is 0. The summed E-state index contributed by atoms with van der Waals surface area (Å²) in [5.74, 6) is 2.00. The molecule has 2 aliphatic rings. The Morgan fingerprint density at radius 1 is 1.00 bits per heavy atom. The van der Waals surface area contributed by atoms with E-state index in [1.54, 1.807) is 21.3 Å². The highest BCUT2D eigenvalue weighted by Crippen LogP contribution is 2.45. The maximum Gasteiger partial charge on any atom is 0.203 e. The Kier molecular flexibility index (Phi) is 3.40. The smallest absolute Gasteiger partial charge is 0.203 e. The largest absolute Gasteiger partial charge is 0.493 e. The van der Waals surface area contributed by atoms with Crippen LogP contribution >= 0.6 is 0 Å². The van der Waals surface area contributed by atoms with Crippen LogP contribution in [0.5, 0.6) is 17.2 Å². The van der Waals surface area contributed by atoms with Gasteiger partial charge in [0.15, 0.2) is 11.5 Å². The molecule has 4 nitrogen and oxygen atoms in total. The highest BCUT2D eigenvalue weighted by molar-refractivity contribution is 5.77. The fourth-order valence-electron chi connectivity index (χ4n) is 2.77. The van der Waals surface area contributed by atoms with E-state index in [2.05, 4.69) is 18.2 Å². The van der Waals surface area contributed by atoms with Gasteiger partial charge in [-0.15, -0.1) is 0 Å². The van der Waals surface area contributed by atoms with Crippen LogP contribution in [0.2, 0.25) is 0 Å². The summed E-state index contributed by atoms with van der Waals surface area (Å²) in [5, 5.41) is 0. The molecule has 2 bridgehead atoms. The Balaban J connectivity index is 2.06. The van der Waals surface area contributed by atoms with E-state index in [4.69, 9.17) is 18.9 Å². The molecule has 4 heteroatoms. The Morgan fingerprint density at radius 2 is 1.80 bits per heavy atom. The number of methoxy groups -OCH3 is 3. The number of rotatable bonds is 4. The van der Waals surface area contributed by atoms with Crippen molar-refractivity contribution in [3.8, 4) is 17.2 Å². The molecule has 3 rings (SSSR count). The van der Waals surface area contributed by atoms with Crippen molar-refractivity contribution in [2.45, 2.75) is 18.6 Å². The summed E-state index contributed by atoms with van der Waals surface area (Å²) >= 11 is 0. The van der Waals surface area contributed by atoms with Gasteiger partial charge in [-0.2, -0.15) is 0 Å². The van der Waals surface area contributed by atoms with Crippen molar-refractivity contribution >= 4 is 5.57 Å². The summed E-state index contributed by atoms with van der Waals surface area (Å²) in [6, 6.07) is 3.92. The first-order valence-corrected chi connectivity index (χ1v) is 6.60. The Morgan fingerprint density at radius 3 is 2.45 bits per heavy atom. The van der Waals surface area contributed by atoms with Crippen LogP contribution in [0.15, 0.2) is 30.4 Å². The summed E-state index contributed by atoms with van der Waals surface area (Å²) in [4.78, 5) is 0. The molecule has 0 spiro atoms. The maximum atomic E-state index is 5.74. The third-order valence-corrected chi connectivity index (χ3v) is 3.68. The molecule has 2 atom stereocenters. The van der Waals surface area contributed by atoms with Crippen LogP contribution in [0.1, 0.15) is 12.0 Å². The van der Waals surface area contributed by atoms with Crippen LogP contribution in [-0.2, 0) is 4.74 Å². The van der Waals surface area contributed by atoms with Gasteiger partial charge in [-0.1, -0.05) is 12.2 Å². The summed E-state index contributed by atoms with van der Waals surface area (Å²) in [6.07, 6.45) is 7.41. The van der Waals surface area contributed by atoms with Crippen molar-refractivity contribution in [3.05, 3.63) is 35.9 Å². The lowest BCUT2D eigenvalue weighted by atomic mass is 9.96. The zero-order valence-corrected chi connectivity index (χ0v) is 11.9. The summed E-state index contributed by atoms with van der Waals surface area (Å²) in [7, 11) is 4.89. The van der Waals surface area contributed by atoms with E-state index in [0.29, 0.717) is 17.2 Å². The minimum atomic E-state index is 0.0709. The molecule has 0 saturated heterocycles. The monoisotopic (exact) mass is 274 g/mol. The quantitative estimate of drug-likeness (QED) is 0.791. The maximum absolute atomic E-state index is 5.74. The zero-order chi connectivity index (χ0) is 14.1. The molecule has 106 valence electrons. The Hall–Kier alpha value is -1.94. The number of hydrogen-bond acceptors (Lipinski definition) is 4. The molecule has 0 radical (unpaired) electrons. The zero-order valence-electron chi connectivity index (χ0n) is 11.9. The van der Waals surface area contributed by atoms with Gasteiger partial charge >= 0.3 is 0 Å². The van der Waals surface area contributed by atoms with E-state index in [1.165, 1.54) is 5.57 Å². The fourth-order valence-corrected chi connectivity index (χ4v) is 2.77. The van der Waals surface area contributed by atoms with Gasteiger partial charge in [-0.05, 0) is 23.8 Å². The van der Waals surface area contributed by atoms with Crippen molar-refractivity contribution in [1.29, 1.82) is 0 Å². The number of benzene rings is 1. The standard InChI is InChI=1S/C16H18O4/c1-17-14-7-6-13(15(18-2)16(14)19-3)10-8-11-4-5-12(9-10)20-11/h4-8,11-12H,9H2,1-3H3. The number of ether oxygens (including phenoxy) is 4. The molecule has 0 N–H and O–H groups in total. The minimum Gasteiger partial charge on any atom is -0.493 e. The Labute approximate surface area is 118 Å². The molecule has 2 aliphatic heterocycles. The number of hydrogen-bond donors (Lipinski definition) is 0. The van der Waals surface area contributed by atoms with Crippen molar-refractivity contribution in [2.24, 2.45) is 0 Å². The van der Waals surface area contributed by atoms with E-state index >= 15 is 0 Å². The molecule has 20 heavy (non-hydrogen) atoms. The predicted molar refractivity (Wildman–Crippen MR) is 76.5 cm³/mol. The highest BCUT2D eigenvalue weighted by atomic mass is 16.5. The molecular weight excluding hydrogens is 256 g/mol. The van der Waals surface area contributed by atoms with Crippen LogP contribution in [0.25, 0.3) is 5.57 Å². The molecule has 0 aromatic heterocycles. The van der Waals surface area contributed by atoms with E-state index < -0.39 is 0 Å². The average Bonchev–Trinajstić information content (AvgIpc) is 2.83. The fraction of sp³-hybridized carbons (Fsp3) is 0.375. The van der Waals surface area contributed by atoms with Gasteiger partial charge in [-0.3, -0.25) is 0 Å². The van der Waals surface area contributed by atoms with Crippen LogP contribution in [0, 0.1) is 0 Å². The van der Waals surface area contributed by atoms with Crippen LogP contribution < -0.4 is 14.2 Å². The second kappa shape index (κ2) is 5.21. The van der Waals surface area contributed by atoms with Crippen molar-refractivity contribution < 1.29 is 18.9 Å². The molecule has 1 aromatic carbocycles. The lowest BCUT2D eigenvalue weighted by molar-refractivity contribution is 0.0829. The molecular formula is C16H18O4. The summed E-state index contributed by atoms with van der Waals surface area (Å²) in [5.41, 5.74) is 2.25. The molecule has 0 aliphatic carbocycles. The van der Waals surface area contributed by atoms with Crippen molar-refractivity contribution in [3.63, 3.8) is 0 Å². The van der Waals surface area contributed by atoms with E-state index in [1.807, 2.05) is 12.1 Å². The SMILES string of the molecule is COc1ccc(C2=CC3C=CC(C2)O3)c(OC)c1OC. The highest BCUT2D eigenvalue weighted by Gasteiger charge is 2.28. The summed E-state index contributed by atoms with van der Waals surface area (Å²) < 4.78 is 22.0. The van der Waals surface area contributed by atoms with E-state index in [-0.39, 0.29) is 12.2 Å². The van der Waals surface area contributed by atoms with Gasteiger partial charge in [0.1, 0.15) is 0 Å². The van der Waals surface area contributed by atoms with Crippen molar-refractivity contribution in [2.75, 3.05) is 21.3 Å². The average molecular weight is 274 g/mol. The predicted octanol–water partition coefficient (Wildman–Crippen LogP) is 2.82. The van der Waals surface area contributed by atoms with Crippen LogP contribution in [-0.4, -0.2) is 33.5 Å². The molecule has 0 saturated carbocycles. The lowest BCUT2D eigenvalue weighted by Crippen LogP contribution is -2.17. The first kappa shape index (κ1) is 13.1. The van der Waals surface area contributed by atoms with Gasteiger partial charge < -0.3 is 18.9 Å². The minimum absolute atomic E-state index is 0.0709. The first-order valence-electron chi connectivity index (χ1n) is 6.60. The Bertz CT molecular complexity index is 574. The van der Waals surface area contributed by atoms with Gasteiger partial charge in [0.2, 0.25) is 5.75 Å². The second-order valence-corrected chi connectivity index (χ2v) is 4.80. The van der Waals surface area contributed by atoms with Gasteiger partial charge in [-0.25, -0.2) is 0 Å². The van der Waals surface area contributed by atoms with Gasteiger partial charge in [0, 0.05) is 12.0 Å². The second-order valence-electron chi connectivity index (χ2n) is 4.80. The van der Waals surface area contributed by atoms with Crippen molar-refractivity contribution in [1.82, 2.24) is 0 Å². The molecule has 2 unspecified atom stereocenters. The lowest BCUT2D eigenvalue weighted by Gasteiger charge is -2.23.